The topological polar surface area (TPSA) is 150 Å². The maximum Gasteiger partial charge on any atom is 0.270 e. The maximum atomic E-state index is 12.0. The van der Waals surface area contributed by atoms with E-state index in [1.165, 1.54) is 63.6 Å². The molecule has 0 aromatic heterocycles. The Morgan fingerprint density at radius 2 is 1.48 bits per heavy atom. The number of carbonyl (C=O) groups is 2. The van der Waals surface area contributed by atoms with Crippen molar-refractivity contribution in [2.45, 2.75) is 69.7 Å². The van der Waals surface area contributed by atoms with Crippen molar-refractivity contribution < 1.29 is 14.3 Å². The van der Waals surface area contributed by atoms with Crippen molar-refractivity contribution >= 4 is 23.5 Å². The minimum atomic E-state index is -0.544. The summed E-state index contributed by atoms with van der Waals surface area (Å²) in [6.45, 7) is 4.36. The number of nitrogens with zero attached hydrogens (tertiary/aromatic N) is 3. The molecule has 0 bridgehead atoms. The second-order valence-electron chi connectivity index (χ2n) is 11.9. The van der Waals surface area contributed by atoms with E-state index in [0.29, 0.717) is 17.3 Å². The summed E-state index contributed by atoms with van der Waals surface area (Å²) in [5, 5.41) is 3.31. The number of aliphatic imine (C=N–C) groups is 1. The summed E-state index contributed by atoms with van der Waals surface area (Å²) in [7, 11) is 1.57. The van der Waals surface area contributed by atoms with E-state index < -0.39 is 11.8 Å². The normalized spacial score (nSPS) is 19.7. The average molecular weight is 603 g/mol. The number of nitrogens with one attached hydrogen (secondary N) is 3. The molecule has 7 N–H and O–H groups in total. The van der Waals surface area contributed by atoms with Crippen LogP contribution in [0.5, 0.6) is 5.75 Å². The minimum absolute atomic E-state index is 0.249. The standard InChI is InChI=1S/C25H37N7O.C8H9NO2/c26-23(33)22-24(28-25(30-29-22)32-14-4-1-5-15-32)27-20-10-8-18(9-11-20)19-12-16-31(17-13-19)21-6-2-3-7-21;1-11-7-4-2-6(3-5-7)8(9)10/h8-11,19,21,27,29H,1-7,12-17H2,(H2,26,33)(H,28,30);2-5H,1H3,(H2,9,10). The number of methoxy groups -OCH3 is 1. The number of primary amides is 2. The van der Waals surface area contributed by atoms with Crippen LogP contribution in [0.15, 0.2) is 65.0 Å². The zero-order valence-electron chi connectivity index (χ0n) is 25.7. The summed E-state index contributed by atoms with van der Waals surface area (Å²) in [6.07, 6.45) is 11.6. The highest BCUT2D eigenvalue weighted by Gasteiger charge is 2.28. The molecule has 0 spiro atoms. The molecule has 11 nitrogen and oxygen atoms in total. The summed E-state index contributed by atoms with van der Waals surface area (Å²) >= 11 is 0. The number of hydrogen-bond donors (Lipinski definition) is 5. The molecule has 6 rings (SSSR count). The van der Waals surface area contributed by atoms with Gasteiger partial charge in [0.15, 0.2) is 11.5 Å². The highest BCUT2D eigenvalue weighted by molar-refractivity contribution is 5.95. The van der Waals surface area contributed by atoms with Gasteiger partial charge in [0.05, 0.1) is 7.11 Å². The number of hydrazine groups is 1. The molecule has 0 radical (unpaired) electrons. The molecular formula is C33H46N8O3. The van der Waals surface area contributed by atoms with Crippen LogP contribution in [0.1, 0.15) is 79.6 Å². The lowest BCUT2D eigenvalue weighted by Gasteiger charge is -2.36. The van der Waals surface area contributed by atoms with Gasteiger partial charge in [0.1, 0.15) is 5.75 Å². The first kappa shape index (κ1) is 31.2. The van der Waals surface area contributed by atoms with E-state index >= 15 is 0 Å². The SMILES string of the molecule is COc1ccc(C(N)=O)cc1.NC(=O)C1=C(Nc2ccc(C3CCN(C4CCCC4)CC3)cc2)N=C(N2CCCCC2)NN1. The number of likely N-dealkylation sites (tertiary alicyclic amines) is 2. The van der Waals surface area contributed by atoms with Gasteiger partial charge in [0.2, 0.25) is 11.9 Å². The third-order valence-electron chi connectivity index (χ3n) is 9.05. The fraction of sp³-hybridized carbons (Fsp3) is 0.485. The lowest BCUT2D eigenvalue weighted by molar-refractivity contribution is -0.115. The van der Waals surface area contributed by atoms with Crippen molar-refractivity contribution in [1.82, 2.24) is 20.7 Å². The van der Waals surface area contributed by atoms with E-state index in [9.17, 15) is 9.59 Å². The number of ether oxygens (including phenoxy) is 1. The van der Waals surface area contributed by atoms with E-state index in [0.717, 1.165) is 49.4 Å². The van der Waals surface area contributed by atoms with Gasteiger partial charge in [0.25, 0.3) is 5.91 Å². The monoisotopic (exact) mass is 602 g/mol. The van der Waals surface area contributed by atoms with E-state index in [-0.39, 0.29) is 5.70 Å². The average Bonchev–Trinajstić information content (AvgIpc) is 3.61. The van der Waals surface area contributed by atoms with Crippen LogP contribution in [0, 0.1) is 0 Å². The Labute approximate surface area is 260 Å². The Bertz CT molecular complexity index is 1320. The first-order valence-electron chi connectivity index (χ1n) is 15.9. The minimum Gasteiger partial charge on any atom is -0.497 e. The van der Waals surface area contributed by atoms with E-state index in [2.05, 4.69) is 50.2 Å². The van der Waals surface area contributed by atoms with Gasteiger partial charge in [0, 0.05) is 30.4 Å². The lowest BCUT2D eigenvalue weighted by Crippen LogP contribution is -2.53. The van der Waals surface area contributed by atoms with Crippen LogP contribution in [0.25, 0.3) is 0 Å². The summed E-state index contributed by atoms with van der Waals surface area (Å²) in [5.74, 6) is 1.56. The number of anilines is 1. The van der Waals surface area contributed by atoms with E-state index in [1.54, 1.807) is 31.4 Å². The second-order valence-corrected chi connectivity index (χ2v) is 11.9. The van der Waals surface area contributed by atoms with Crippen molar-refractivity contribution in [3.63, 3.8) is 0 Å². The van der Waals surface area contributed by atoms with Gasteiger partial charge in [-0.3, -0.25) is 20.4 Å². The lowest BCUT2D eigenvalue weighted by atomic mass is 9.88. The number of nitrogens with two attached hydrogens (primary N) is 2. The number of rotatable bonds is 7. The molecule has 1 saturated carbocycles. The summed E-state index contributed by atoms with van der Waals surface area (Å²) in [4.78, 5) is 32.2. The summed E-state index contributed by atoms with van der Waals surface area (Å²) in [6, 6.07) is 16.1. The number of carbonyl (C=O) groups excluding carboxylic acids is 2. The van der Waals surface area contributed by atoms with Crippen LogP contribution in [-0.2, 0) is 4.79 Å². The smallest absolute Gasteiger partial charge is 0.270 e. The van der Waals surface area contributed by atoms with Crippen LogP contribution in [0.3, 0.4) is 0 Å². The Hall–Kier alpha value is -4.25. The van der Waals surface area contributed by atoms with Crippen molar-refractivity contribution in [3.05, 3.63) is 71.2 Å². The molecule has 2 aromatic rings. The Balaban J connectivity index is 0.000000296. The third kappa shape index (κ3) is 8.02. The van der Waals surface area contributed by atoms with Crippen molar-refractivity contribution in [3.8, 4) is 5.75 Å². The highest BCUT2D eigenvalue weighted by atomic mass is 16.5. The molecule has 0 atom stereocenters. The Morgan fingerprint density at radius 1 is 0.818 bits per heavy atom. The molecule has 2 aromatic carbocycles. The quantitative estimate of drug-likeness (QED) is 0.323. The zero-order chi connectivity index (χ0) is 30.9. The predicted octanol–water partition coefficient (Wildman–Crippen LogP) is 3.62. The van der Waals surface area contributed by atoms with Crippen LogP contribution < -0.4 is 32.4 Å². The fourth-order valence-corrected chi connectivity index (χ4v) is 6.49. The largest absolute Gasteiger partial charge is 0.497 e. The number of piperidine rings is 2. The molecule has 2 saturated heterocycles. The molecule has 3 fully saturated rings. The zero-order valence-corrected chi connectivity index (χ0v) is 25.7. The van der Waals surface area contributed by atoms with Crippen LogP contribution >= 0.6 is 0 Å². The molecule has 4 aliphatic rings. The molecular weight excluding hydrogens is 556 g/mol. The maximum absolute atomic E-state index is 12.0. The molecule has 11 heteroatoms. The van der Waals surface area contributed by atoms with Gasteiger partial charge < -0.3 is 31.3 Å². The van der Waals surface area contributed by atoms with Crippen LogP contribution in [-0.4, -0.2) is 66.9 Å². The Morgan fingerprint density at radius 3 is 2.07 bits per heavy atom. The molecule has 1 aliphatic carbocycles. The van der Waals surface area contributed by atoms with E-state index in [1.807, 2.05) is 0 Å². The van der Waals surface area contributed by atoms with Gasteiger partial charge in [-0.1, -0.05) is 25.0 Å². The third-order valence-corrected chi connectivity index (χ3v) is 9.05. The molecule has 2 amide bonds. The first-order valence-corrected chi connectivity index (χ1v) is 15.9. The van der Waals surface area contributed by atoms with Gasteiger partial charge in [-0.15, -0.1) is 0 Å². The van der Waals surface area contributed by atoms with Crippen LogP contribution in [0.4, 0.5) is 5.69 Å². The Kier molecular flexibility index (Phi) is 10.6. The summed E-state index contributed by atoms with van der Waals surface area (Å²) in [5.41, 5.74) is 19.6. The summed E-state index contributed by atoms with van der Waals surface area (Å²) < 4.78 is 4.90. The molecule has 0 unspecified atom stereocenters. The highest BCUT2D eigenvalue weighted by Crippen LogP contribution is 2.33. The molecule has 44 heavy (non-hydrogen) atoms. The van der Waals surface area contributed by atoms with Crippen molar-refractivity contribution in [2.75, 3.05) is 38.6 Å². The number of benzene rings is 2. The van der Waals surface area contributed by atoms with E-state index in [4.69, 9.17) is 21.2 Å². The first-order chi connectivity index (χ1) is 21.4. The molecule has 236 valence electrons. The van der Waals surface area contributed by atoms with Gasteiger partial charge in [-0.2, -0.15) is 4.99 Å². The molecule has 3 heterocycles. The van der Waals surface area contributed by atoms with Crippen LogP contribution in [0.2, 0.25) is 0 Å². The van der Waals surface area contributed by atoms with Gasteiger partial charge >= 0.3 is 0 Å². The van der Waals surface area contributed by atoms with Crippen molar-refractivity contribution in [2.24, 2.45) is 16.5 Å². The second kappa shape index (κ2) is 15.0. The van der Waals surface area contributed by atoms with Gasteiger partial charge in [-0.05, 0) is 106 Å². The predicted molar refractivity (Wildman–Crippen MR) is 173 cm³/mol. The van der Waals surface area contributed by atoms with Gasteiger partial charge in [-0.25, -0.2) is 0 Å². The van der Waals surface area contributed by atoms with Crippen molar-refractivity contribution in [1.29, 1.82) is 0 Å². The number of hydrogen-bond acceptors (Lipinski definition) is 9. The fourth-order valence-electron chi connectivity index (χ4n) is 6.49. The molecule has 3 aliphatic heterocycles. The number of guanidine groups is 1. The number of amides is 2.